The minimum Gasteiger partial charge on any atom is -0.480 e. The highest BCUT2D eigenvalue weighted by atomic mass is 32.1. The molecule has 1 aromatic rings. The number of thiazole rings is 1. The molecule has 1 fully saturated rings. The molecular formula is C12H17N3O3S. The molecule has 104 valence electrons. The van der Waals surface area contributed by atoms with Crippen molar-refractivity contribution in [1.82, 2.24) is 14.8 Å². The lowest BCUT2D eigenvalue weighted by atomic mass is 10.3. The van der Waals surface area contributed by atoms with Crippen LogP contribution in [0.3, 0.4) is 0 Å². The first-order valence-corrected chi connectivity index (χ1v) is 7.10. The number of aryl methyl sites for hydroxylation is 1. The summed E-state index contributed by atoms with van der Waals surface area (Å²) in [5.41, 5.74) is 0.495. The number of hydrogen-bond donors (Lipinski definition) is 1. The van der Waals surface area contributed by atoms with Crippen LogP contribution in [-0.2, 0) is 4.79 Å². The van der Waals surface area contributed by atoms with Crippen molar-refractivity contribution in [2.45, 2.75) is 13.3 Å². The van der Waals surface area contributed by atoms with Gasteiger partial charge in [0.1, 0.15) is 5.69 Å². The second kappa shape index (κ2) is 6.12. The number of carbonyl (C=O) groups is 2. The summed E-state index contributed by atoms with van der Waals surface area (Å²) in [7, 11) is 0. The first-order valence-electron chi connectivity index (χ1n) is 6.22. The maximum absolute atomic E-state index is 12.2. The van der Waals surface area contributed by atoms with Crippen molar-refractivity contribution in [2.75, 3.05) is 32.7 Å². The summed E-state index contributed by atoms with van der Waals surface area (Å²) in [4.78, 5) is 30.7. The van der Waals surface area contributed by atoms with Gasteiger partial charge < -0.3 is 10.0 Å². The van der Waals surface area contributed by atoms with E-state index in [1.807, 2.05) is 11.8 Å². The van der Waals surface area contributed by atoms with E-state index in [4.69, 9.17) is 5.11 Å². The standard InChI is InChI=1S/C12H17N3O3S/c1-9-13-10(8-19-9)12(18)15-4-2-3-14(5-6-15)7-11(16)17/h8H,2-7H2,1H3,(H,16,17). The van der Waals surface area contributed by atoms with E-state index >= 15 is 0 Å². The summed E-state index contributed by atoms with van der Waals surface area (Å²) in [5, 5.41) is 11.4. The number of carboxylic acid groups (broad SMARTS) is 1. The Morgan fingerprint density at radius 1 is 1.37 bits per heavy atom. The Labute approximate surface area is 115 Å². The Morgan fingerprint density at radius 2 is 2.16 bits per heavy atom. The van der Waals surface area contributed by atoms with Gasteiger partial charge in [-0.3, -0.25) is 14.5 Å². The number of aromatic nitrogens is 1. The van der Waals surface area contributed by atoms with Gasteiger partial charge in [0, 0.05) is 31.6 Å². The zero-order valence-electron chi connectivity index (χ0n) is 10.8. The number of amides is 1. The van der Waals surface area contributed by atoms with Gasteiger partial charge in [0.15, 0.2) is 0 Å². The van der Waals surface area contributed by atoms with E-state index in [1.165, 1.54) is 11.3 Å². The summed E-state index contributed by atoms with van der Waals surface area (Å²) in [5.74, 6) is -0.878. The molecular weight excluding hydrogens is 266 g/mol. The highest BCUT2D eigenvalue weighted by molar-refractivity contribution is 7.09. The van der Waals surface area contributed by atoms with Crippen molar-refractivity contribution < 1.29 is 14.7 Å². The summed E-state index contributed by atoms with van der Waals surface area (Å²) in [6.45, 7) is 4.44. The lowest BCUT2D eigenvalue weighted by molar-refractivity contribution is -0.138. The fraction of sp³-hybridized carbons (Fsp3) is 0.583. The molecule has 2 rings (SSSR count). The fourth-order valence-electron chi connectivity index (χ4n) is 2.15. The molecule has 19 heavy (non-hydrogen) atoms. The maximum atomic E-state index is 12.2. The van der Waals surface area contributed by atoms with E-state index in [0.29, 0.717) is 31.9 Å². The van der Waals surface area contributed by atoms with Gasteiger partial charge in [-0.25, -0.2) is 4.98 Å². The molecule has 0 spiro atoms. The van der Waals surface area contributed by atoms with Crippen LogP contribution in [0, 0.1) is 6.92 Å². The normalized spacial score (nSPS) is 17.2. The summed E-state index contributed by atoms with van der Waals surface area (Å²) in [6.07, 6.45) is 0.794. The Balaban J connectivity index is 1.95. The number of rotatable bonds is 3. The number of hydrogen-bond acceptors (Lipinski definition) is 5. The van der Waals surface area contributed by atoms with Gasteiger partial charge >= 0.3 is 5.97 Å². The molecule has 0 atom stereocenters. The number of nitrogens with zero attached hydrogens (tertiary/aromatic N) is 3. The van der Waals surface area contributed by atoms with Crippen molar-refractivity contribution in [3.05, 3.63) is 16.1 Å². The number of aliphatic carboxylic acids is 1. The van der Waals surface area contributed by atoms with Crippen molar-refractivity contribution in [1.29, 1.82) is 0 Å². The monoisotopic (exact) mass is 283 g/mol. The highest BCUT2D eigenvalue weighted by Gasteiger charge is 2.22. The molecule has 0 aromatic carbocycles. The molecule has 1 amide bonds. The summed E-state index contributed by atoms with van der Waals surface area (Å²) < 4.78 is 0. The lowest BCUT2D eigenvalue weighted by Crippen LogP contribution is -2.36. The Kier molecular flexibility index (Phi) is 4.49. The van der Waals surface area contributed by atoms with Crippen molar-refractivity contribution in [2.24, 2.45) is 0 Å². The molecule has 0 unspecified atom stereocenters. The highest BCUT2D eigenvalue weighted by Crippen LogP contribution is 2.12. The second-order valence-corrected chi connectivity index (χ2v) is 5.63. The molecule has 6 nitrogen and oxygen atoms in total. The van der Waals surface area contributed by atoms with Crippen LogP contribution in [0.4, 0.5) is 0 Å². The Hall–Kier alpha value is -1.47. The SMILES string of the molecule is Cc1nc(C(=O)N2CCCN(CC(=O)O)CC2)cs1. The van der Waals surface area contributed by atoms with Crippen LogP contribution in [0.1, 0.15) is 21.9 Å². The summed E-state index contributed by atoms with van der Waals surface area (Å²) in [6, 6.07) is 0. The average Bonchev–Trinajstić information content (AvgIpc) is 2.65. The molecule has 1 N–H and O–H groups in total. The predicted octanol–water partition coefficient (Wildman–Crippen LogP) is 0.684. The largest absolute Gasteiger partial charge is 0.480 e. The van der Waals surface area contributed by atoms with Crippen LogP contribution in [0.25, 0.3) is 0 Å². The number of carboxylic acids is 1. The quantitative estimate of drug-likeness (QED) is 0.883. The molecule has 1 aromatic heterocycles. The summed E-state index contributed by atoms with van der Waals surface area (Å²) >= 11 is 1.46. The third-order valence-electron chi connectivity index (χ3n) is 3.07. The van der Waals surface area contributed by atoms with E-state index in [2.05, 4.69) is 4.98 Å². The minimum absolute atomic E-state index is 0.0395. The molecule has 0 radical (unpaired) electrons. The van der Waals surface area contributed by atoms with Gasteiger partial charge in [0.05, 0.1) is 11.6 Å². The third-order valence-corrected chi connectivity index (χ3v) is 3.85. The van der Waals surface area contributed by atoms with Gasteiger partial charge in [-0.15, -0.1) is 11.3 Å². The zero-order chi connectivity index (χ0) is 13.8. The van der Waals surface area contributed by atoms with Gasteiger partial charge in [-0.1, -0.05) is 0 Å². The van der Waals surface area contributed by atoms with Gasteiger partial charge in [0.25, 0.3) is 5.91 Å². The molecule has 1 aliphatic rings. The van der Waals surface area contributed by atoms with Crippen LogP contribution < -0.4 is 0 Å². The van der Waals surface area contributed by atoms with Crippen molar-refractivity contribution in [3.63, 3.8) is 0 Å². The van der Waals surface area contributed by atoms with E-state index in [-0.39, 0.29) is 12.5 Å². The molecule has 0 bridgehead atoms. The molecule has 1 saturated heterocycles. The van der Waals surface area contributed by atoms with Crippen LogP contribution in [0.5, 0.6) is 0 Å². The minimum atomic E-state index is -0.824. The number of carbonyl (C=O) groups excluding carboxylic acids is 1. The van der Waals surface area contributed by atoms with Crippen molar-refractivity contribution >= 4 is 23.2 Å². The van der Waals surface area contributed by atoms with E-state index < -0.39 is 5.97 Å². The molecule has 7 heteroatoms. The van der Waals surface area contributed by atoms with E-state index in [0.717, 1.165) is 11.4 Å². The van der Waals surface area contributed by atoms with Gasteiger partial charge in [0.2, 0.25) is 0 Å². The van der Waals surface area contributed by atoms with Crippen LogP contribution in [-0.4, -0.2) is 64.5 Å². The first-order chi connectivity index (χ1) is 9.06. The molecule has 0 aliphatic carbocycles. The molecule has 2 heterocycles. The topological polar surface area (TPSA) is 73.7 Å². The van der Waals surface area contributed by atoms with E-state index in [9.17, 15) is 9.59 Å². The lowest BCUT2D eigenvalue weighted by Gasteiger charge is -2.20. The smallest absolute Gasteiger partial charge is 0.317 e. The van der Waals surface area contributed by atoms with Crippen LogP contribution in [0.2, 0.25) is 0 Å². The van der Waals surface area contributed by atoms with Crippen LogP contribution >= 0.6 is 11.3 Å². The second-order valence-electron chi connectivity index (χ2n) is 4.57. The fourth-order valence-corrected chi connectivity index (χ4v) is 2.73. The van der Waals surface area contributed by atoms with E-state index in [1.54, 1.807) is 10.3 Å². The Morgan fingerprint density at radius 3 is 2.79 bits per heavy atom. The third kappa shape index (κ3) is 3.74. The average molecular weight is 283 g/mol. The molecule has 1 aliphatic heterocycles. The Bertz CT molecular complexity index is 475. The van der Waals surface area contributed by atoms with Gasteiger partial charge in [-0.05, 0) is 13.3 Å². The predicted molar refractivity (Wildman–Crippen MR) is 71.4 cm³/mol. The van der Waals surface area contributed by atoms with Crippen LogP contribution in [0.15, 0.2) is 5.38 Å². The zero-order valence-corrected chi connectivity index (χ0v) is 11.7. The maximum Gasteiger partial charge on any atom is 0.317 e. The van der Waals surface area contributed by atoms with Crippen molar-refractivity contribution in [3.8, 4) is 0 Å². The molecule has 0 saturated carbocycles. The van der Waals surface area contributed by atoms with Gasteiger partial charge in [-0.2, -0.15) is 0 Å². The first kappa shape index (κ1) is 14.0.